The van der Waals surface area contributed by atoms with Crippen LogP contribution in [0.1, 0.15) is 27.2 Å². The molecule has 0 unspecified atom stereocenters. The van der Waals surface area contributed by atoms with Gasteiger partial charge in [0.1, 0.15) is 5.60 Å². The Balaban J connectivity index is 0.000000763. The number of ether oxygens (including phenoxy) is 1. The summed E-state index contributed by atoms with van der Waals surface area (Å²) in [7, 11) is -2.16. The van der Waals surface area contributed by atoms with E-state index in [1.165, 1.54) is 4.90 Å². The van der Waals surface area contributed by atoms with Crippen LogP contribution in [0.4, 0.5) is 4.79 Å². The quantitative estimate of drug-likeness (QED) is 0.523. The maximum atomic E-state index is 11.7. The molecule has 0 radical (unpaired) electrons. The van der Waals surface area contributed by atoms with Gasteiger partial charge in [-0.1, -0.05) is 0 Å². The lowest BCUT2D eigenvalue weighted by Crippen LogP contribution is -2.36. The van der Waals surface area contributed by atoms with Crippen LogP contribution in [0.3, 0.4) is 0 Å². The Morgan fingerprint density at radius 1 is 1.18 bits per heavy atom. The van der Waals surface area contributed by atoms with Crippen molar-refractivity contribution in [3.63, 3.8) is 0 Å². The van der Waals surface area contributed by atoms with Crippen molar-refractivity contribution in [1.29, 1.82) is 0 Å². The monoisotopic (exact) mass is 379 g/mol. The Morgan fingerprint density at radius 2 is 1.64 bits per heavy atom. The molecule has 1 aliphatic heterocycles. The molecule has 0 saturated carbocycles. The minimum atomic E-state index is -3.47. The number of halogens is 1. The first-order chi connectivity index (χ1) is 9.57. The number of hydrogen-bond acceptors (Lipinski definition) is 7. The van der Waals surface area contributed by atoms with Gasteiger partial charge < -0.3 is 9.64 Å². The number of rotatable bonds is 2. The lowest BCUT2D eigenvalue weighted by Gasteiger charge is -2.24. The third kappa shape index (κ3) is 13.1. The molecule has 0 spiro atoms. The van der Waals surface area contributed by atoms with Crippen LogP contribution in [-0.4, -0.2) is 65.1 Å². The van der Waals surface area contributed by atoms with Gasteiger partial charge in [-0.2, -0.15) is 8.42 Å². The van der Waals surface area contributed by atoms with Crippen molar-refractivity contribution >= 4 is 35.9 Å². The highest BCUT2D eigenvalue weighted by Crippen LogP contribution is 2.18. The summed E-state index contributed by atoms with van der Waals surface area (Å²) in [5.41, 5.74) is -0.549. The van der Waals surface area contributed by atoms with Crippen LogP contribution in [0, 0.1) is 0 Å². The summed E-state index contributed by atoms with van der Waals surface area (Å²) in [6.45, 7) is 6.06. The fourth-order valence-electron chi connectivity index (χ4n) is 1.55. The van der Waals surface area contributed by atoms with Crippen molar-refractivity contribution in [2.45, 2.75) is 38.9 Å². The number of nitrogens with zero attached hydrogens (tertiary/aromatic N) is 1. The molecule has 1 rings (SSSR count). The molecule has 22 heavy (non-hydrogen) atoms. The van der Waals surface area contributed by atoms with Crippen molar-refractivity contribution in [3.8, 4) is 0 Å². The Kier molecular flexibility index (Phi) is 7.60. The number of likely N-dealkylation sites (tertiary alicyclic amines) is 1. The smallest absolute Gasteiger partial charge is 0.410 e. The van der Waals surface area contributed by atoms with E-state index in [-0.39, 0.29) is 6.54 Å². The predicted octanol–water partition coefficient (Wildman–Crippen LogP) is 1.16. The first-order valence-corrected chi connectivity index (χ1v) is 10.9. The largest absolute Gasteiger partial charge is 0.444 e. The van der Waals surface area contributed by atoms with Crippen molar-refractivity contribution in [2.24, 2.45) is 0 Å². The fourth-order valence-corrected chi connectivity index (χ4v) is 2.20. The highest BCUT2D eigenvalue weighted by Gasteiger charge is 2.31. The van der Waals surface area contributed by atoms with Gasteiger partial charge in [-0.25, -0.2) is 13.2 Å². The molecule has 1 heterocycles. The molecule has 1 fully saturated rings. The van der Waals surface area contributed by atoms with Crippen molar-refractivity contribution < 1.29 is 30.6 Å². The normalized spacial score (nSPS) is 19.4. The van der Waals surface area contributed by atoms with Crippen LogP contribution in [0.5, 0.6) is 0 Å². The molecule has 1 aliphatic rings. The third-order valence-electron chi connectivity index (χ3n) is 2.11. The van der Waals surface area contributed by atoms with Crippen LogP contribution in [0.25, 0.3) is 0 Å². The minimum absolute atomic E-state index is 0.252. The van der Waals surface area contributed by atoms with Crippen LogP contribution >= 0.6 is 10.7 Å². The Hall–Kier alpha value is -0.580. The van der Waals surface area contributed by atoms with Crippen LogP contribution in [0.15, 0.2) is 0 Å². The van der Waals surface area contributed by atoms with E-state index < -0.39 is 37.0 Å². The summed E-state index contributed by atoms with van der Waals surface area (Å²) in [6, 6.07) is 0. The first kappa shape index (κ1) is 21.4. The maximum absolute atomic E-state index is 11.7. The van der Waals surface area contributed by atoms with Gasteiger partial charge in [0, 0.05) is 17.2 Å². The van der Waals surface area contributed by atoms with E-state index in [9.17, 15) is 21.6 Å². The van der Waals surface area contributed by atoms with Gasteiger partial charge in [0.2, 0.25) is 9.05 Å². The molecule has 132 valence electrons. The molecule has 0 aromatic carbocycles. The third-order valence-corrected chi connectivity index (χ3v) is 2.73. The van der Waals surface area contributed by atoms with E-state index in [1.54, 1.807) is 20.8 Å². The molecule has 0 bridgehead atoms. The molecule has 0 aromatic rings. The van der Waals surface area contributed by atoms with E-state index >= 15 is 0 Å². The zero-order chi connectivity index (χ0) is 17.8. The summed E-state index contributed by atoms with van der Waals surface area (Å²) in [5, 5.41) is 0. The van der Waals surface area contributed by atoms with Crippen molar-refractivity contribution in [1.82, 2.24) is 4.90 Å². The summed E-state index contributed by atoms with van der Waals surface area (Å²) < 4.78 is 50.7. The van der Waals surface area contributed by atoms with Crippen LogP contribution < -0.4 is 0 Å². The predicted molar refractivity (Wildman–Crippen MR) is 82.8 cm³/mol. The van der Waals surface area contributed by atoms with E-state index in [0.29, 0.717) is 13.0 Å². The second-order valence-electron chi connectivity index (χ2n) is 5.82. The molecule has 8 nitrogen and oxygen atoms in total. The Morgan fingerprint density at radius 3 is 2.00 bits per heavy atom. The molecular formula is C11H22ClNO7S2. The maximum Gasteiger partial charge on any atom is 0.410 e. The second-order valence-corrected chi connectivity index (χ2v) is 10.5. The zero-order valence-electron chi connectivity index (χ0n) is 13.2. The number of carbonyl (C=O) groups is 1. The van der Waals surface area contributed by atoms with Crippen LogP contribution in [0.2, 0.25) is 0 Å². The van der Waals surface area contributed by atoms with Gasteiger partial charge in [-0.15, -0.1) is 0 Å². The molecule has 0 aliphatic carbocycles. The SMILES string of the molecule is CC(C)(C)OC(=O)N1CC[C@@H](OS(C)(=O)=O)C1.CS(=O)(=O)Cl. The minimum Gasteiger partial charge on any atom is -0.444 e. The second kappa shape index (κ2) is 7.80. The van der Waals surface area contributed by atoms with Gasteiger partial charge in [-0.3, -0.25) is 4.18 Å². The molecule has 11 heteroatoms. The highest BCUT2D eigenvalue weighted by molar-refractivity contribution is 8.13. The van der Waals surface area contributed by atoms with Gasteiger partial charge in [0.25, 0.3) is 10.1 Å². The number of hydrogen-bond donors (Lipinski definition) is 0. The zero-order valence-corrected chi connectivity index (χ0v) is 15.6. The highest BCUT2D eigenvalue weighted by atomic mass is 35.7. The van der Waals surface area contributed by atoms with E-state index in [1.807, 2.05) is 0 Å². The van der Waals surface area contributed by atoms with Crippen molar-refractivity contribution in [3.05, 3.63) is 0 Å². The summed E-state index contributed by atoms with van der Waals surface area (Å²) >= 11 is 0. The molecule has 1 amide bonds. The molecule has 1 saturated heterocycles. The summed E-state index contributed by atoms with van der Waals surface area (Å²) in [4.78, 5) is 13.1. The van der Waals surface area contributed by atoms with Crippen LogP contribution in [-0.2, 0) is 28.1 Å². The molecule has 1 atom stereocenters. The first-order valence-electron chi connectivity index (χ1n) is 6.32. The summed E-state index contributed by atoms with van der Waals surface area (Å²) in [6.07, 6.45) is 1.54. The standard InChI is InChI=1S/C10H19NO5S.CH3ClO2S/c1-10(2,3)15-9(12)11-6-5-8(7-11)16-17(4,13)14;1-5(2,3)4/h8H,5-7H2,1-4H3;1H3/t8-;/m1./s1. The molecule has 0 aromatic heterocycles. The average molecular weight is 380 g/mol. The fraction of sp³-hybridized carbons (Fsp3) is 0.909. The lowest BCUT2D eigenvalue weighted by molar-refractivity contribution is 0.0276. The Bertz CT molecular complexity index is 572. The average Bonchev–Trinajstić information content (AvgIpc) is 2.57. The number of carbonyl (C=O) groups excluding carboxylic acids is 1. The van der Waals surface area contributed by atoms with Gasteiger partial charge >= 0.3 is 6.09 Å². The molecule has 0 N–H and O–H groups in total. The lowest BCUT2D eigenvalue weighted by atomic mass is 10.2. The summed E-state index contributed by atoms with van der Waals surface area (Å²) in [5.74, 6) is 0. The van der Waals surface area contributed by atoms with Crippen molar-refractivity contribution in [2.75, 3.05) is 25.6 Å². The number of amides is 1. The van der Waals surface area contributed by atoms with Gasteiger partial charge in [-0.05, 0) is 27.2 Å². The van der Waals surface area contributed by atoms with Gasteiger partial charge in [0.15, 0.2) is 0 Å². The van der Waals surface area contributed by atoms with E-state index in [4.69, 9.17) is 8.92 Å². The topological polar surface area (TPSA) is 107 Å². The van der Waals surface area contributed by atoms with E-state index in [0.717, 1.165) is 12.5 Å². The van der Waals surface area contributed by atoms with Gasteiger partial charge in [0.05, 0.1) is 25.2 Å². The van der Waals surface area contributed by atoms with E-state index in [2.05, 4.69) is 10.7 Å². The Labute approximate surface area is 136 Å². The molecular weight excluding hydrogens is 358 g/mol.